The molecule has 26 heavy (non-hydrogen) atoms. The number of hydrogen-bond acceptors (Lipinski definition) is 6. The zero-order valence-electron chi connectivity index (χ0n) is 13.2. The molecule has 1 amide bonds. The van der Waals surface area contributed by atoms with Crippen molar-refractivity contribution in [3.8, 4) is 11.8 Å². The second-order valence-corrected chi connectivity index (χ2v) is 4.95. The van der Waals surface area contributed by atoms with Crippen LogP contribution in [0.4, 0.5) is 18.9 Å². The molecule has 8 nitrogen and oxygen atoms in total. The number of nitrogens with zero attached hydrogens (tertiary/aromatic N) is 5. The summed E-state index contributed by atoms with van der Waals surface area (Å²) in [5.74, 6) is -0.497. The van der Waals surface area contributed by atoms with Crippen LogP contribution in [-0.2, 0) is 6.18 Å². The molecule has 0 atom stereocenters. The Labute approximate surface area is 144 Å². The van der Waals surface area contributed by atoms with Gasteiger partial charge in [0.05, 0.1) is 7.11 Å². The van der Waals surface area contributed by atoms with E-state index in [-0.39, 0.29) is 23.2 Å². The fraction of sp³-hybridized carbons (Fsp3) is 0.133. The van der Waals surface area contributed by atoms with Gasteiger partial charge in [-0.15, -0.1) is 0 Å². The van der Waals surface area contributed by atoms with E-state index >= 15 is 0 Å². The van der Waals surface area contributed by atoms with Gasteiger partial charge in [-0.2, -0.15) is 18.2 Å². The van der Waals surface area contributed by atoms with Crippen LogP contribution in [0.5, 0.6) is 5.88 Å². The number of hydrogen-bond donors (Lipinski definition) is 1. The number of anilines is 1. The molecule has 0 unspecified atom stereocenters. The first-order chi connectivity index (χ1) is 12.4. The molecule has 0 radical (unpaired) electrons. The molecule has 3 heterocycles. The lowest BCUT2D eigenvalue weighted by molar-refractivity contribution is -0.141. The number of amides is 1. The second-order valence-electron chi connectivity index (χ2n) is 4.95. The van der Waals surface area contributed by atoms with Gasteiger partial charge in [0.15, 0.2) is 0 Å². The van der Waals surface area contributed by atoms with Gasteiger partial charge in [-0.05, 0) is 12.1 Å². The highest BCUT2D eigenvalue weighted by Gasteiger charge is 2.32. The summed E-state index contributed by atoms with van der Waals surface area (Å²) in [5, 5.41) is 2.34. The maximum Gasteiger partial charge on any atom is 0.433 e. The van der Waals surface area contributed by atoms with Gasteiger partial charge < -0.3 is 10.1 Å². The first-order valence-corrected chi connectivity index (χ1v) is 7.13. The quantitative estimate of drug-likeness (QED) is 0.764. The minimum Gasteiger partial charge on any atom is -0.481 e. The Morgan fingerprint density at radius 3 is 2.69 bits per heavy atom. The Hall–Kier alpha value is -3.50. The molecule has 3 aromatic rings. The number of methoxy groups -OCH3 is 1. The number of rotatable bonds is 4. The van der Waals surface area contributed by atoms with Gasteiger partial charge >= 0.3 is 6.18 Å². The van der Waals surface area contributed by atoms with Crippen LogP contribution in [0.1, 0.15) is 16.2 Å². The Kier molecular flexibility index (Phi) is 4.52. The van der Waals surface area contributed by atoms with Gasteiger partial charge in [-0.1, -0.05) is 0 Å². The summed E-state index contributed by atoms with van der Waals surface area (Å²) >= 11 is 0. The number of alkyl halides is 3. The molecule has 0 aliphatic heterocycles. The van der Waals surface area contributed by atoms with Crippen LogP contribution < -0.4 is 10.1 Å². The molecule has 0 bridgehead atoms. The first kappa shape index (κ1) is 17.3. The van der Waals surface area contributed by atoms with Crippen LogP contribution in [0.3, 0.4) is 0 Å². The Balaban J connectivity index is 1.89. The number of carbonyl (C=O) groups is 1. The van der Waals surface area contributed by atoms with E-state index in [4.69, 9.17) is 4.74 Å². The van der Waals surface area contributed by atoms with Crippen molar-refractivity contribution in [1.82, 2.24) is 24.5 Å². The third-order valence-electron chi connectivity index (χ3n) is 3.18. The van der Waals surface area contributed by atoms with Gasteiger partial charge in [0, 0.05) is 30.3 Å². The molecule has 0 spiro atoms. The third kappa shape index (κ3) is 3.77. The highest BCUT2D eigenvalue weighted by atomic mass is 19.4. The van der Waals surface area contributed by atoms with Crippen molar-refractivity contribution >= 4 is 11.6 Å². The average Bonchev–Trinajstić information content (AvgIpc) is 3.15. The zero-order chi connectivity index (χ0) is 18.7. The van der Waals surface area contributed by atoms with Crippen molar-refractivity contribution in [3.05, 3.63) is 54.5 Å². The van der Waals surface area contributed by atoms with Crippen LogP contribution in [0, 0.1) is 0 Å². The monoisotopic (exact) mass is 364 g/mol. The summed E-state index contributed by atoms with van der Waals surface area (Å²) in [6.07, 6.45) is 0.825. The molecule has 0 aromatic carbocycles. The molecular weight excluding hydrogens is 353 g/mol. The Morgan fingerprint density at radius 1 is 1.23 bits per heavy atom. The predicted octanol–water partition coefficient (Wildman–Crippen LogP) is 2.34. The minimum atomic E-state index is -4.62. The number of aromatic nitrogens is 5. The number of nitrogens with one attached hydrogen (secondary N) is 1. The van der Waals surface area contributed by atoms with Crippen LogP contribution in [0.25, 0.3) is 5.95 Å². The maximum absolute atomic E-state index is 12.7. The molecular formula is C15H11F3N6O2. The van der Waals surface area contributed by atoms with E-state index < -0.39 is 17.8 Å². The number of imidazole rings is 1. The summed E-state index contributed by atoms with van der Waals surface area (Å²) in [6.45, 7) is 0. The van der Waals surface area contributed by atoms with E-state index in [0.29, 0.717) is 0 Å². The standard InChI is InChI=1S/C15H11F3N6O2/c1-26-12-7-10(22-14(23-12)24-5-4-19-8-24)13(25)21-9-2-3-20-11(6-9)15(16,17)18/h2-8H,1H3,(H,20,21,25). The fourth-order valence-corrected chi connectivity index (χ4v) is 1.99. The number of carbonyl (C=O) groups excluding carboxylic acids is 1. The van der Waals surface area contributed by atoms with Crippen LogP contribution in [-0.4, -0.2) is 37.5 Å². The van der Waals surface area contributed by atoms with Crippen LogP contribution in [0.15, 0.2) is 43.1 Å². The number of pyridine rings is 1. The van der Waals surface area contributed by atoms with Crippen LogP contribution >= 0.6 is 0 Å². The van der Waals surface area contributed by atoms with Crippen LogP contribution in [0.2, 0.25) is 0 Å². The highest BCUT2D eigenvalue weighted by molar-refractivity contribution is 6.03. The van der Waals surface area contributed by atoms with Crippen molar-refractivity contribution in [2.45, 2.75) is 6.18 Å². The van der Waals surface area contributed by atoms with Gasteiger partial charge in [-0.3, -0.25) is 14.3 Å². The van der Waals surface area contributed by atoms with Gasteiger partial charge in [0.1, 0.15) is 17.7 Å². The molecule has 3 aromatic heterocycles. The van der Waals surface area contributed by atoms with Crippen molar-refractivity contribution in [1.29, 1.82) is 0 Å². The average molecular weight is 364 g/mol. The van der Waals surface area contributed by atoms with E-state index in [1.54, 1.807) is 6.20 Å². The van der Waals surface area contributed by atoms with Crippen molar-refractivity contribution in [2.24, 2.45) is 0 Å². The van der Waals surface area contributed by atoms with Gasteiger partial charge in [0.2, 0.25) is 11.8 Å². The van der Waals surface area contributed by atoms with E-state index in [0.717, 1.165) is 12.3 Å². The summed E-state index contributed by atoms with van der Waals surface area (Å²) in [5.41, 5.74) is -1.28. The summed E-state index contributed by atoms with van der Waals surface area (Å²) < 4.78 is 44.6. The lowest BCUT2D eigenvalue weighted by Crippen LogP contribution is -2.17. The number of halogens is 3. The second kappa shape index (κ2) is 6.78. The van der Waals surface area contributed by atoms with E-state index in [1.165, 1.54) is 36.3 Å². The minimum absolute atomic E-state index is 0.0703. The Morgan fingerprint density at radius 2 is 2.04 bits per heavy atom. The largest absolute Gasteiger partial charge is 0.481 e. The van der Waals surface area contributed by atoms with Crippen molar-refractivity contribution in [2.75, 3.05) is 12.4 Å². The predicted molar refractivity (Wildman–Crippen MR) is 82.9 cm³/mol. The van der Waals surface area contributed by atoms with E-state index in [1.807, 2.05) is 0 Å². The van der Waals surface area contributed by atoms with Gasteiger partial charge in [0.25, 0.3) is 5.91 Å². The fourth-order valence-electron chi connectivity index (χ4n) is 1.99. The van der Waals surface area contributed by atoms with Crippen molar-refractivity contribution < 1.29 is 22.7 Å². The molecule has 3 rings (SSSR count). The topological polar surface area (TPSA) is 94.8 Å². The molecule has 0 saturated carbocycles. The van der Waals surface area contributed by atoms with E-state index in [9.17, 15) is 18.0 Å². The SMILES string of the molecule is COc1cc(C(=O)Nc2ccnc(C(F)(F)F)c2)nc(-n2ccnc2)n1. The lowest BCUT2D eigenvalue weighted by atomic mass is 10.3. The molecule has 134 valence electrons. The molecule has 0 aliphatic rings. The summed E-state index contributed by atoms with van der Waals surface area (Å²) in [7, 11) is 1.36. The third-order valence-corrected chi connectivity index (χ3v) is 3.18. The zero-order valence-corrected chi connectivity index (χ0v) is 13.2. The van der Waals surface area contributed by atoms with E-state index in [2.05, 4.69) is 25.3 Å². The molecule has 11 heteroatoms. The first-order valence-electron chi connectivity index (χ1n) is 7.13. The molecule has 0 saturated heterocycles. The smallest absolute Gasteiger partial charge is 0.433 e. The normalized spacial score (nSPS) is 11.2. The lowest BCUT2D eigenvalue weighted by Gasteiger charge is -2.10. The van der Waals surface area contributed by atoms with Gasteiger partial charge in [-0.25, -0.2) is 9.97 Å². The summed E-state index contributed by atoms with van der Waals surface area (Å²) in [4.78, 5) is 27.6. The van der Waals surface area contributed by atoms with Crippen molar-refractivity contribution in [3.63, 3.8) is 0 Å². The summed E-state index contributed by atoms with van der Waals surface area (Å²) in [6, 6.07) is 3.23. The molecule has 0 aliphatic carbocycles. The number of ether oxygens (including phenoxy) is 1. The highest BCUT2D eigenvalue weighted by Crippen LogP contribution is 2.28. The molecule has 1 N–H and O–H groups in total. The Bertz CT molecular complexity index is 927. The maximum atomic E-state index is 12.7. The molecule has 0 fully saturated rings.